The summed E-state index contributed by atoms with van der Waals surface area (Å²) in [6, 6.07) is 1.65. The number of hydrogen-bond acceptors (Lipinski definition) is 3. The van der Waals surface area contributed by atoms with Crippen molar-refractivity contribution >= 4 is 11.7 Å². The zero-order valence-corrected chi connectivity index (χ0v) is 9.39. The Hall–Kier alpha value is -1.96. The van der Waals surface area contributed by atoms with Gasteiger partial charge in [0.2, 0.25) is 5.91 Å². The predicted molar refractivity (Wildman–Crippen MR) is 62.3 cm³/mol. The van der Waals surface area contributed by atoms with Gasteiger partial charge in [0.05, 0.1) is 6.54 Å². The van der Waals surface area contributed by atoms with Gasteiger partial charge < -0.3 is 10.6 Å². The fourth-order valence-corrected chi connectivity index (χ4v) is 1.38. The van der Waals surface area contributed by atoms with Crippen molar-refractivity contribution in [3.63, 3.8) is 0 Å². The SMILES string of the molecule is C#CCN(CCC)C(=O)Cn1ccc(N)n1. The van der Waals surface area contributed by atoms with E-state index in [4.69, 9.17) is 12.2 Å². The number of carbonyl (C=O) groups is 1. The maximum Gasteiger partial charge on any atom is 0.245 e. The molecule has 86 valence electrons. The Kier molecular flexibility index (Phi) is 4.40. The van der Waals surface area contributed by atoms with Crippen molar-refractivity contribution < 1.29 is 4.79 Å². The minimum atomic E-state index is -0.0390. The van der Waals surface area contributed by atoms with Crippen LogP contribution in [0, 0.1) is 12.3 Å². The average molecular weight is 220 g/mol. The molecule has 0 radical (unpaired) electrons. The lowest BCUT2D eigenvalue weighted by molar-refractivity contribution is -0.131. The summed E-state index contributed by atoms with van der Waals surface area (Å²) in [6.45, 7) is 3.19. The van der Waals surface area contributed by atoms with Gasteiger partial charge in [-0.1, -0.05) is 12.8 Å². The minimum absolute atomic E-state index is 0.0390. The molecule has 1 amide bonds. The molecule has 1 aromatic heterocycles. The molecule has 5 nitrogen and oxygen atoms in total. The summed E-state index contributed by atoms with van der Waals surface area (Å²) in [4.78, 5) is 13.5. The molecule has 0 saturated carbocycles. The third kappa shape index (κ3) is 3.31. The first-order valence-corrected chi connectivity index (χ1v) is 5.17. The number of nitrogens with zero attached hydrogens (tertiary/aromatic N) is 3. The van der Waals surface area contributed by atoms with Crippen LogP contribution >= 0.6 is 0 Å². The summed E-state index contributed by atoms with van der Waals surface area (Å²) in [5, 5.41) is 3.95. The lowest BCUT2D eigenvalue weighted by Crippen LogP contribution is -2.35. The van der Waals surface area contributed by atoms with Gasteiger partial charge in [0, 0.05) is 12.7 Å². The van der Waals surface area contributed by atoms with Crippen LogP contribution < -0.4 is 5.73 Å². The van der Waals surface area contributed by atoms with Crippen LogP contribution in [0.5, 0.6) is 0 Å². The van der Waals surface area contributed by atoms with Crippen molar-refractivity contribution in [3.8, 4) is 12.3 Å². The Morgan fingerprint density at radius 3 is 3.00 bits per heavy atom. The smallest absolute Gasteiger partial charge is 0.245 e. The number of nitrogens with two attached hydrogens (primary N) is 1. The van der Waals surface area contributed by atoms with Gasteiger partial charge in [-0.25, -0.2) is 0 Å². The first-order chi connectivity index (χ1) is 7.67. The van der Waals surface area contributed by atoms with E-state index in [1.165, 1.54) is 4.68 Å². The second-order valence-electron chi connectivity index (χ2n) is 3.46. The highest BCUT2D eigenvalue weighted by Crippen LogP contribution is 1.99. The highest BCUT2D eigenvalue weighted by atomic mass is 16.2. The van der Waals surface area contributed by atoms with Gasteiger partial charge in [0.25, 0.3) is 0 Å². The van der Waals surface area contributed by atoms with E-state index in [1.807, 2.05) is 6.92 Å². The van der Waals surface area contributed by atoms with Crippen LogP contribution in [-0.4, -0.2) is 33.7 Å². The number of anilines is 1. The third-order valence-electron chi connectivity index (χ3n) is 2.09. The molecule has 0 atom stereocenters. The van der Waals surface area contributed by atoms with Crippen molar-refractivity contribution in [1.29, 1.82) is 0 Å². The van der Waals surface area contributed by atoms with Crippen molar-refractivity contribution in [2.24, 2.45) is 0 Å². The van der Waals surface area contributed by atoms with E-state index in [9.17, 15) is 4.79 Å². The number of nitrogen functional groups attached to an aromatic ring is 1. The molecule has 16 heavy (non-hydrogen) atoms. The van der Waals surface area contributed by atoms with E-state index in [0.717, 1.165) is 6.42 Å². The zero-order chi connectivity index (χ0) is 12.0. The Balaban J connectivity index is 2.58. The Bertz CT molecular complexity index is 391. The Labute approximate surface area is 95.2 Å². The minimum Gasteiger partial charge on any atom is -0.382 e. The largest absolute Gasteiger partial charge is 0.382 e. The van der Waals surface area contributed by atoms with Gasteiger partial charge in [-0.05, 0) is 12.5 Å². The molecule has 1 heterocycles. The quantitative estimate of drug-likeness (QED) is 0.728. The van der Waals surface area contributed by atoms with Gasteiger partial charge in [-0.2, -0.15) is 5.10 Å². The first-order valence-electron chi connectivity index (χ1n) is 5.17. The van der Waals surface area contributed by atoms with Crippen LogP contribution in [0.2, 0.25) is 0 Å². The molecule has 0 saturated heterocycles. The maximum atomic E-state index is 11.8. The van der Waals surface area contributed by atoms with Gasteiger partial charge in [0.15, 0.2) is 0 Å². The Morgan fingerprint density at radius 1 is 1.75 bits per heavy atom. The van der Waals surface area contributed by atoms with Gasteiger partial charge in [-0.3, -0.25) is 9.48 Å². The molecule has 0 unspecified atom stereocenters. The molecule has 0 aliphatic rings. The molecule has 0 fully saturated rings. The van der Waals surface area contributed by atoms with Crippen LogP contribution in [0.4, 0.5) is 5.82 Å². The number of hydrogen-bond donors (Lipinski definition) is 1. The first kappa shape index (κ1) is 12.1. The second-order valence-corrected chi connectivity index (χ2v) is 3.46. The monoisotopic (exact) mass is 220 g/mol. The van der Waals surface area contributed by atoms with Crippen molar-refractivity contribution in [2.75, 3.05) is 18.8 Å². The molecule has 0 bridgehead atoms. The summed E-state index contributed by atoms with van der Waals surface area (Å²) >= 11 is 0. The molecular weight excluding hydrogens is 204 g/mol. The van der Waals surface area contributed by atoms with E-state index in [0.29, 0.717) is 18.9 Å². The summed E-state index contributed by atoms with van der Waals surface area (Å²) in [7, 11) is 0. The van der Waals surface area contributed by atoms with Crippen LogP contribution in [0.15, 0.2) is 12.3 Å². The Morgan fingerprint density at radius 2 is 2.50 bits per heavy atom. The molecule has 0 aliphatic heterocycles. The van der Waals surface area contributed by atoms with Crippen molar-refractivity contribution in [3.05, 3.63) is 12.3 Å². The highest BCUT2D eigenvalue weighted by Gasteiger charge is 2.12. The molecular formula is C11H16N4O. The fourth-order valence-electron chi connectivity index (χ4n) is 1.38. The van der Waals surface area contributed by atoms with Crippen molar-refractivity contribution in [2.45, 2.75) is 19.9 Å². The molecule has 0 spiro atoms. The topological polar surface area (TPSA) is 64.2 Å². The number of rotatable bonds is 5. The lowest BCUT2D eigenvalue weighted by Gasteiger charge is -2.19. The molecule has 0 aliphatic carbocycles. The van der Waals surface area contributed by atoms with Gasteiger partial charge in [-0.15, -0.1) is 6.42 Å². The summed E-state index contributed by atoms with van der Waals surface area (Å²) in [5.41, 5.74) is 5.46. The van der Waals surface area contributed by atoms with E-state index >= 15 is 0 Å². The molecule has 2 N–H and O–H groups in total. The van der Waals surface area contributed by atoms with E-state index in [1.54, 1.807) is 17.2 Å². The van der Waals surface area contributed by atoms with E-state index < -0.39 is 0 Å². The highest BCUT2D eigenvalue weighted by molar-refractivity contribution is 5.76. The lowest BCUT2D eigenvalue weighted by atomic mass is 10.4. The average Bonchev–Trinajstić information content (AvgIpc) is 2.63. The molecule has 1 aromatic rings. The molecule has 5 heteroatoms. The van der Waals surface area contributed by atoms with Gasteiger partial charge in [0.1, 0.15) is 12.4 Å². The normalized spacial score (nSPS) is 9.75. The molecule has 1 rings (SSSR count). The summed E-state index contributed by atoms with van der Waals surface area (Å²) in [5.74, 6) is 2.85. The molecule has 0 aromatic carbocycles. The predicted octanol–water partition coefficient (Wildman–Crippen LogP) is 0.337. The fraction of sp³-hybridized carbons (Fsp3) is 0.455. The summed E-state index contributed by atoms with van der Waals surface area (Å²) < 4.78 is 1.51. The number of terminal acetylenes is 1. The van der Waals surface area contributed by atoms with Crippen LogP contribution in [0.25, 0.3) is 0 Å². The standard InChI is InChI=1S/C11H16N4O/c1-3-6-14(7-4-2)11(16)9-15-8-5-10(12)13-15/h1,5,8H,4,6-7,9H2,2H3,(H2,12,13). The van der Waals surface area contributed by atoms with Crippen LogP contribution in [0.1, 0.15) is 13.3 Å². The second kappa shape index (κ2) is 5.81. The van der Waals surface area contributed by atoms with E-state index in [2.05, 4.69) is 11.0 Å². The van der Waals surface area contributed by atoms with E-state index in [-0.39, 0.29) is 12.5 Å². The van der Waals surface area contributed by atoms with Crippen LogP contribution in [-0.2, 0) is 11.3 Å². The zero-order valence-electron chi connectivity index (χ0n) is 9.39. The number of amides is 1. The number of carbonyl (C=O) groups excluding carboxylic acids is 1. The number of aromatic nitrogens is 2. The van der Waals surface area contributed by atoms with Crippen molar-refractivity contribution in [1.82, 2.24) is 14.7 Å². The maximum absolute atomic E-state index is 11.8. The third-order valence-corrected chi connectivity index (χ3v) is 2.09. The summed E-state index contributed by atoms with van der Waals surface area (Å²) in [6.07, 6.45) is 7.77. The van der Waals surface area contributed by atoms with Gasteiger partial charge >= 0.3 is 0 Å². The van der Waals surface area contributed by atoms with Crippen LogP contribution in [0.3, 0.4) is 0 Å².